The second-order valence-corrected chi connectivity index (χ2v) is 9.91. The molecule has 8 nitrogen and oxygen atoms in total. The number of benzene rings is 2. The van der Waals surface area contributed by atoms with Gasteiger partial charge in [-0.2, -0.15) is 4.31 Å². The van der Waals surface area contributed by atoms with E-state index in [4.69, 9.17) is 0 Å². The van der Waals surface area contributed by atoms with Gasteiger partial charge in [-0.1, -0.05) is 24.6 Å². The fourth-order valence-corrected chi connectivity index (χ4v) is 5.73. The highest BCUT2D eigenvalue weighted by molar-refractivity contribution is 7.89. The molecule has 0 spiro atoms. The van der Waals surface area contributed by atoms with Gasteiger partial charge >= 0.3 is 0 Å². The Morgan fingerprint density at radius 3 is 2.39 bits per heavy atom. The molecular weight excluding hydrogens is 418 g/mol. The van der Waals surface area contributed by atoms with E-state index < -0.39 is 14.9 Å². The normalized spacial score (nSPS) is 16.8. The van der Waals surface area contributed by atoms with Crippen LogP contribution in [0.5, 0.6) is 0 Å². The topological polar surface area (TPSA) is 101 Å². The molecule has 4 rings (SSSR count). The zero-order valence-corrected chi connectivity index (χ0v) is 18.0. The number of nitrogens with zero attached hydrogens (tertiary/aromatic N) is 3. The van der Waals surface area contributed by atoms with Crippen molar-refractivity contribution >= 4 is 27.3 Å². The Hall–Kier alpha value is -2.78. The molecule has 1 amide bonds. The van der Waals surface area contributed by atoms with Crippen LogP contribution in [0.2, 0.25) is 0 Å². The van der Waals surface area contributed by atoms with Crippen molar-refractivity contribution in [2.75, 3.05) is 24.5 Å². The van der Waals surface area contributed by atoms with Crippen molar-refractivity contribution in [3.8, 4) is 0 Å². The molecule has 0 N–H and O–H groups in total. The minimum absolute atomic E-state index is 0.0241. The summed E-state index contributed by atoms with van der Waals surface area (Å²) in [6.07, 6.45) is 4.25. The van der Waals surface area contributed by atoms with E-state index in [0.29, 0.717) is 38.2 Å². The van der Waals surface area contributed by atoms with E-state index in [-0.39, 0.29) is 22.9 Å². The van der Waals surface area contributed by atoms with Crippen LogP contribution < -0.4 is 4.90 Å². The Morgan fingerprint density at radius 1 is 1.00 bits per heavy atom. The van der Waals surface area contributed by atoms with Gasteiger partial charge in [0.25, 0.3) is 5.69 Å². The van der Waals surface area contributed by atoms with Crippen LogP contribution in [0, 0.1) is 10.1 Å². The number of piperidine rings is 1. The summed E-state index contributed by atoms with van der Waals surface area (Å²) >= 11 is 0. The molecule has 2 aliphatic heterocycles. The first-order chi connectivity index (χ1) is 14.9. The molecule has 9 heteroatoms. The van der Waals surface area contributed by atoms with E-state index in [1.165, 1.54) is 12.1 Å². The number of carbonyl (C=O) groups is 1. The van der Waals surface area contributed by atoms with Gasteiger partial charge in [0.05, 0.1) is 15.5 Å². The molecular formula is C22H25N3O5S. The van der Waals surface area contributed by atoms with Gasteiger partial charge < -0.3 is 4.90 Å². The minimum Gasteiger partial charge on any atom is -0.312 e. The molecule has 2 aliphatic rings. The van der Waals surface area contributed by atoms with Crippen LogP contribution >= 0.6 is 0 Å². The van der Waals surface area contributed by atoms with Crippen LogP contribution in [-0.4, -0.2) is 43.2 Å². The van der Waals surface area contributed by atoms with Gasteiger partial charge in [-0.15, -0.1) is 0 Å². The number of fused-ring (bicyclic) bond motifs is 1. The van der Waals surface area contributed by atoms with E-state index in [2.05, 4.69) is 0 Å². The summed E-state index contributed by atoms with van der Waals surface area (Å²) in [5.74, 6) is -0.0933. The van der Waals surface area contributed by atoms with Crippen LogP contribution in [0.25, 0.3) is 0 Å². The SMILES string of the molecule is O=C(CCc1ccc(S(=O)(=O)N2CCCCC2)cc1)N1CCc2ccc([N+](=O)[O-])cc21. The first-order valence-electron chi connectivity index (χ1n) is 10.5. The summed E-state index contributed by atoms with van der Waals surface area (Å²) in [5, 5.41) is 11.0. The lowest BCUT2D eigenvalue weighted by molar-refractivity contribution is -0.384. The van der Waals surface area contributed by atoms with Crippen molar-refractivity contribution in [2.45, 2.75) is 43.4 Å². The molecule has 0 aromatic heterocycles. The van der Waals surface area contributed by atoms with Crippen molar-refractivity contribution in [1.82, 2.24) is 4.31 Å². The third-order valence-corrected chi connectivity index (χ3v) is 7.89. The second kappa shape index (κ2) is 8.76. The molecule has 2 aromatic carbocycles. The molecule has 0 bridgehead atoms. The number of aryl methyl sites for hydroxylation is 1. The van der Waals surface area contributed by atoms with Crippen molar-refractivity contribution in [2.24, 2.45) is 0 Å². The maximum Gasteiger partial charge on any atom is 0.271 e. The second-order valence-electron chi connectivity index (χ2n) is 7.97. The molecule has 0 unspecified atom stereocenters. The Balaban J connectivity index is 1.40. The summed E-state index contributed by atoms with van der Waals surface area (Å²) in [7, 11) is -3.46. The zero-order chi connectivity index (χ0) is 22.0. The fraction of sp³-hybridized carbons (Fsp3) is 0.409. The quantitative estimate of drug-likeness (QED) is 0.504. The van der Waals surface area contributed by atoms with Gasteiger partial charge in [0.2, 0.25) is 15.9 Å². The Bertz CT molecular complexity index is 1090. The lowest BCUT2D eigenvalue weighted by atomic mass is 10.1. The number of carbonyl (C=O) groups excluding carboxylic acids is 1. The number of rotatable bonds is 6. The zero-order valence-electron chi connectivity index (χ0n) is 17.2. The number of hydrogen-bond donors (Lipinski definition) is 0. The summed E-state index contributed by atoms with van der Waals surface area (Å²) in [6.45, 7) is 1.64. The average molecular weight is 444 g/mol. The number of nitro benzene ring substituents is 1. The molecule has 2 heterocycles. The van der Waals surface area contributed by atoms with Crippen LogP contribution in [-0.2, 0) is 27.7 Å². The number of anilines is 1. The molecule has 31 heavy (non-hydrogen) atoms. The standard InChI is InChI=1S/C22H25N3O5S/c26-22(24-15-12-18-7-8-19(25(27)28)16-21(18)24)11-6-17-4-9-20(10-5-17)31(29,30)23-13-2-1-3-14-23/h4-5,7-10,16H,1-3,6,11-15H2. The predicted molar refractivity (Wildman–Crippen MR) is 117 cm³/mol. The largest absolute Gasteiger partial charge is 0.312 e. The third-order valence-electron chi connectivity index (χ3n) is 5.98. The van der Waals surface area contributed by atoms with Crippen LogP contribution in [0.1, 0.15) is 36.8 Å². The molecule has 0 aliphatic carbocycles. The smallest absolute Gasteiger partial charge is 0.271 e. The summed E-state index contributed by atoms with van der Waals surface area (Å²) in [5.41, 5.74) is 2.40. The van der Waals surface area contributed by atoms with E-state index >= 15 is 0 Å². The molecule has 0 radical (unpaired) electrons. The summed E-state index contributed by atoms with van der Waals surface area (Å²) in [6, 6.07) is 11.4. The molecule has 2 aromatic rings. The highest BCUT2D eigenvalue weighted by Gasteiger charge is 2.27. The van der Waals surface area contributed by atoms with Crippen molar-refractivity contribution in [3.63, 3.8) is 0 Å². The molecule has 164 valence electrons. The average Bonchev–Trinajstić information content (AvgIpc) is 3.21. The van der Waals surface area contributed by atoms with Crippen LogP contribution in [0.4, 0.5) is 11.4 Å². The van der Waals surface area contributed by atoms with Gasteiger partial charge in [0.1, 0.15) is 0 Å². The monoisotopic (exact) mass is 443 g/mol. The lowest BCUT2D eigenvalue weighted by Gasteiger charge is -2.25. The highest BCUT2D eigenvalue weighted by atomic mass is 32.2. The van der Waals surface area contributed by atoms with E-state index in [9.17, 15) is 23.3 Å². The van der Waals surface area contributed by atoms with Crippen molar-refractivity contribution in [3.05, 3.63) is 63.7 Å². The van der Waals surface area contributed by atoms with Gasteiger partial charge in [-0.3, -0.25) is 14.9 Å². The number of hydrogen-bond acceptors (Lipinski definition) is 5. The first-order valence-corrected chi connectivity index (χ1v) is 12.0. The van der Waals surface area contributed by atoms with Crippen molar-refractivity contribution < 1.29 is 18.1 Å². The number of nitro groups is 1. The lowest BCUT2D eigenvalue weighted by Crippen LogP contribution is -2.35. The maximum absolute atomic E-state index is 12.7. The van der Waals surface area contributed by atoms with Crippen LogP contribution in [0.3, 0.4) is 0 Å². The number of amides is 1. The van der Waals surface area contributed by atoms with Gasteiger partial charge in [-0.05, 0) is 48.9 Å². The third kappa shape index (κ3) is 4.47. The Kier molecular flexibility index (Phi) is 6.06. The number of sulfonamides is 1. The summed E-state index contributed by atoms with van der Waals surface area (Å²) in [4.78, 5) is 25.2. The maximum atomic E-state index is 12.7. The van der Waals surface area contributed by atoms with E-state index in [1.54, 1.807) is 39.5 Å². The fourth-order valence-electron chi connectivity index (χ4n) is 4.21. The van der Waals surface area contributed by atoms with Crippen LogP contribution in [0.15, 0.2) is 47.4 Å². The van der Waals surface area contributed by atoms with Gasteiger partial charge in [-0.25, -0.2) is 8.42 Å². The summed E-state index contributed by atoms with van der Waals surface area (Å²) < 4.78 is 27.0. The Labute approximate surface area is 181 Å². The molecule has 0 atom stereocenters. The van der Waals surface area contributed by atoms with E-state index in [0.717, 1.165) is 30.4 Å². The van der Waals surface area contributed by atoms with Gasteiger partial charge in [0, 0.05) is 38.2 Å². The Morgan fingerprint density at radius 2 is 1.71 bits per heavy atom. The minimum atomic E-state index is -3.46. The predicted octanol–water partition coefficient (Wildman–Crippen LogP) is 3.29. The van der Waals surface area contributed by atoms with Gasteiger partial charge in [0.15, 0.2) is 0 Å². The van der Waals surface area contributed by atoms with Crippen molar-refractivity contribution in [1.29, 1.82) is 0 Å². The number of non-ortho nitro benzene ring substituents is 1. The molecule has 1 fully saturated rings. The molecule has 1 saturated heterocycles. The highest BCUT2D eigenvalue weighted by Crippen LogP contribution is 2.32. The van der Waals surface area contributed by atoms with E-state index in [1.807, 2.05) is 0 Å². The molecule has 0 saturated carbocycles. The first kappa shape index (κ1) is 21.5.